The van der Waals surface area contributed by atoms with Gasteiger partial charge in [0.1, 0.15) is 50.9 Å². The molecule has 15 heteroatoms. The molecule has 3 aromatic carbocycles. The third kappa shape index (κ3) is 6.76. The Balaban J connectivity index is 1.29. The van der Waals surface area contributed by atoms with Crippen molar-refractivity contribution in [2.75, 3.05) is 32.7 Å². The highest BCUT2D eigenvalue weighted by Gasteiger charge is 2.42. The molecular weight excluding hydrogens is 654 g/mol. The van der Waals surface area contributed by atoms with Crippen molar-refractivity contribution in [2.24, 2.45) is 0 Å². The van der Waals surface area contributed by atoms with Crippen LogP contribution in [0.15, 0.2) is 91.0 Å². The minimum atomic E-state index is -1.86. The zero-order valence-electron chi connectivity index (χ0n) is 27.1. The van der Waals surface area contributed by atoms with Crippen LogP contribution in [0.2, 0.25) is 0 Å². The van der Waals surface area contributed by atoms with Gasteiger partial charge >= 0.3 is 0 Å². The summed E-state index contributed by atoms with van der Waals surface area (Å²) in [6, 6.07) is 24.0. The number of para-hydroxylation sites is 3. The van der Waals surface area contributed by atoms with Crippen LogP contribution in [0.5, 0.6) is 17.2 Å². The summed E-state index contributed by atoms with van der Waals surface area (Å²) in [5.41, 5.74) is 3.28. The lowest BCUT2D eigenvalue weighted by Gasteiger charge is -2.44. The second-order valence-corrected chi connectivity index (χ2v) is 11.9. The molecule has 0 saturated carbocycles. The Hall–Kier alpha value is -6.42. The fourth-order valence-electron chi connectivity index (χ4n) is 5.91. The van der Waals surface area contributed by atoms with E-state index < -0.39 is 23.5 Å². The van der Waals surface area contributed by atoms with Gasteiger partial charge in [-0.2, -0.15) is 5.01 Å². The fourth-order valence-corrected chi connectivity index (χ4v) is 5.91. The zero-order chi connectivity index (χ0) is 35.5. The minimum absolute atomic E-state index is 0.0327. The van der Waals surface area contributed by atoms with Crippen LogP contribution in [0.3, 0.4) is 0 Å². The van der Waals surface area contributed by atoms with E-state index in [1.165, 1.54) is 41.4 Å². The molecule has 15 nitrogen and oxygen atoms in total. The van der Waals surface area contributed by atoms with Crippen molar-refractivity contribution in [3.05, 3.63) is 108 Å². The number of aromatic hydroxyl groups is 3. The van der Waals surface area contributed by atoms with Crippen molar-refractivity contribution in [2.45, 2.75) is 5.79 Å². The second-order valence-electron chi connectivity index (χ2n) is 11.9. The number of hydrazine groups is 1. The second kappa shape index (κ2) is 13.8. The van der Waals surface area contributed by atoms with Crippen molar-refractivity contribution in [1.29, 1.82) is 0 Å². The van der Waals surface area contributed by atoms with Gasteiger partial charge < -0.3 is 36.6 Å². The molecule has 3 aromatic heterocycles. The first kappa shape index (κ1) is 33.1. The molecule has 0 bridgehead atoms. The average molecular weight is 688 g/mol. The van der Waals surface area contributed by atoms with E-state index in [1.54, 1.807) is 54.6 Å². The Labute approximate surface area is 290 Å². The molecule has 1 aliphatic heterocycles. The summed E-state index contributed by atoms with van der Waals surface area (Å²) in [7, 11) is 0. The minimum Gasteiger partial charge on any atom is -0.506 e. The molecule has 1 saturated heterocycles. The van der Waals surface area contributed by atoms with Gasteiger partial charge in [-0.05, 0) is 36.4 Å². The van der Waals surface area contributed by atoms with Gasteiger partial charge in [0.15, 0.2) is 0 Å². The van der Waals surface area contributed by atoms with Gasteiger partial charge in [0.2, 0.25) is 5.79 Å². The predicted molar refractivity (Wildman–Crippen MR) is 188 cm³/mol. The maximum Gasteiger partial charge on any atom is 0.284 e. The third-order valence-electron chi connectivity index (χ3n) is 8.50. The van der Waals surface area contributed by atoms with Gasteiger partial charge in [-0.15, -0.1) is 0 Å². The van der Waals surface area contributed by atoms with Crippen molar-refractivity contribution < 1.29 is 29.7 Å². The maximum absolute atomic E-state index is 14.1. The van der Waals surface area contributed by atoms with Crippen LogP contribution in [-0.4, -0.2) is 91.5 Å². The van der Waals surface area contributed by atoms with E-state index >= 15 is 0 Å². The summed E-state index contributed by atoms with van der Waals surface area (Å²) in [6.45, 7) is 1.26. The number of fused-ring (bicyclic) bond motifs is 3. The first-order valence-electron chi connectivity index (χ1n) is 16.1. The number of rotatable bonds is 6. The molecule has 258 valence electrons. The molecule has 8 N–H and O–H groups in total. The quantitative estimate of drug-likeness (QED) is 0.118. The molecule has 0 unspecified atom stereocenters. The monoisotopic (exact) mass is 687 g/mol. The van der Waals surface area contributed by atoms with Gasteiger partial charge in [-0.3, -0.25) is 19.8 Å². The molecule has 51 heavy (non-hydrogen) atoms. The summed E-state index contributed by atoms with van der Waals surface area (Å²) < 4.78 is 0. The largest absolute Gasteiger partial charge is 0.506 e. The zero-order valence-corrected chi connectivity index (χ0v) is 27.1. The van der Waals surface area contributed by atoms with Crippen molar-refractivity contribution in [1.82, 2.24) is 46.7 Å². The van der Waals surface area contributed by atoms with Crippen LogP contribution >= 0.6 is 0 Å². The number of hydrogen-bond donors (Lipinski definition) is 8. The lowest BCUT2D eigenvalue weighted by atomic mass is 10.1. The van der Waals surface area contributed by atoms with Crippen molar-refractivity contribution in [3.63, 3.8) is 0 Å². The highest BCUT2D eigenvalue weighted by Crippen LogP contribution is 2.25. The Morgan fingerprint density at radius 1 is 0.569 bits per heavy atom. The van der Waals surface area contributed by atoms with Gasteiger partial charge in [-0.25, -0.2) is 15.0 Å². The molecule has 1 fully saturated rings. The fraction of sp³-hybridized carbons (Fsp3) is 0.167. The summed E-state index contributed by atoms with van der Waals surface area (Å²) >= 11 is 0. The summed E-state index contributed by atoms with van der Waals surface area (Å²) in [5.74, 6) is -4.34. The molecule has 0 radical (unpaired) electrons. The van der Waals surface area contributed by atoms with E-state index in [2.05, 4.69) is 41.6 Å². The SMILES string of the molecule is O=C(NN1CCNCCNCC1(NC(=O)c1ccc2cccc(O)c2n1)NC(=O)c1ccc2cccc(O)c2n1)c1ccc2cccc(O)c2n1. The Morgan fingerprint density at radius 3 is 1.47 bits per heavy atom. The van der Waals surface area contributed by atoms with Crippen LogP contribution in [0, 0.1) is 0 Å². The van der Waals surface area contributed by atoms with Gasteiger partial charge in [-0.1, -0.05) is 54.6 Å². The number of hydrogen-bond acceptors (Lipinski definition) is 12. The molecule has 1 aliphatic rings. The molecule has 0 atom stereocenters. The van der Waals surface area contributed by atoms with E-state index in [1.807, 2.05) is 0 Å². The van der Waals surface area contributed by atoms with Crippen LogP contribution in [0.1, 0.15) is 31.5 Å². The van der Waals surface area contributed by atoms with Crippen LogP contribution in [0.4, 0.5) is 0 Å². The number of nitrogens with zero attached hydrogens (tertiary/aromatic N) is 4. The number of aromatic nitrogens is 3. The number of phenolic OH excluding ortho intramolecular Hbond substituents is 3. The molecule has 3 amide bonds. The smallest absolute Gasteiger partial charge is 0.284 e. The first-order chi connectivity index (χ1) is 24.7. The molecule has 7 rings (SSSR count). The van der Waals surface area contributed by atoms with Gasteiger partial charge in [0, 0.05) is 42.3 Å². The van der Waals surface area contributed by atoms with Crippen molar-refractivity contribution in [3.8, 4) is 17.2 Å². The van der Waals surface area contributed by atoms with Crippen LogP contribution in [-0.2, 0) is 0 Å². The van der Waals surface area contributed by atoms with E-state index in [4.69, 9.17) is 0 Å². The molecule has 0 aliphatic carbocycles. The predicted octanol–water partition coefficient (Wildman–Crippen LogP) is 2.10. The number of benzene rings is 3. The Bertz CT molecular complexity index is 2220. The topological polar surface area (TPSA) is 214 Å². The Morgan fingerprint density at radius 2 is 1.00 bits per heavy atom. The summed E-state index contributed by atoms with van der Waals surface area (Å²) in [4.78, 5) is 55.3. The standard InChI is InChI=1S/C36H33N9O6/c46-27-7-1-4-21-10-13-24(39-30(21)27)33(49)42-36(43-34(50)25-14-11-22-5-2-8-28(47)31(22)40-25)20-38-17-16-37-18-19-45(36)44-35(51)26-15-12-23-6-3-9-29(48)32(23)41-26/h1-15,37-38,46-48H,16-20H2,(H,42,49)(H,43,50)(H,44,51). The molecule has 6 aromatic rings. The van der Waals surface area contributed by atoms with Crippen LogP contribution in [0.25, 0.3) is 32.7 Å². The lowest BCUT2D eigenvalue weighted by molar-refractivity contribution is -0.00782. The average Bonchev–Trinajstić information content (AvgIpc) is 3.22. The third-order valence-corrected chi connectivity index (χ3v) is 8.50. The first-order valence-corrected chi connectivity index (χ1v) is 16.1. The number of phenols is 3. The number of pyridine rings is 3. The maximum atomic E-state index is 14.1. The summed E-state index contributed by atoms with van der Waals surface area (Å²) in [6.07, 6.45) is 0. The lowest BCUT2D eigenvalue weighted by Crippen LogP contribution is -2.77. The van der Waals surface area contributed by atoms with Gasteiger partial charge in [0.25, 0.3) is 17.7 Å². The van der Waals surface area contributed by atoms with E-state index in [-0.39, 0.29) is 64.0 Å². The highest BCUT2D eigenvalue weighted by molar-refractivity contribution is 5.99. The van der Waals surface area contributed by atoms with Crippen LogP contribution < -0.4 is 26.7 Å². The number of carbonyl (C=O) groups excluding carboxylic acids is 3. The normalized spacial score (nSPS) is 15.1. The molecule has 4 heterocycles. The van der Waals surface area contributed by atoms with Crippen molar-refractivity contribution >= 4 is 50.4 Å². The molecular formula is C36H33N9O6. The summed E-state index contributed by atoms with van der Waals surface area (Å²) in [5, 5.41) is 46.8. The van der Waals surface area contributed by atoms with Gasteiger partial charge in [0.05, 0.1) is 6.54 Å². The molecule has 0 spiro atoms. The number of nitrogens with one attached hydrogen (secondary N) is 5. The van der Waals surface area contributed by atoms with E-state index in [0.717, 1.165) is 0 Å². The number of carbonyl (C=O) groups is 3. The van der Waals surface area contributed by atoms with E-state index in [0.29, 0.717) is 35.8 Å². The van der Waals surface area contributed by atoms with E-state index in [9.17, 15) is 29.7 Å². The highest BCUT2D eigenvalue weighted by atomic mass is 16.3. The number of amides is 3. The Kier molecular flexibility index (Phi) is 8.98.